The fourth-order valence-corrected chi connectivity index (χ4v) is 8.09. The van der Waals surface area contributed by atoms with E-state index in [1.54, 1.807) is 0 Å². The molecule has 4 saturated carbocycles. The molecule has 4 bridgehead atoms. The van der Waals surface area contributed by atoms with Crippen LogP contribution in [0.3, 0.4) is 0 Å². The molecule has 4 unspecified atom stereocenters. The van der Waals surface area contributed by atoms with Crippen molar-refractivity contribution in [1.29, 1.82) is 0 Å². The summed E-state index contributed by atoms with van der Waals surface area (Å²) in [5, 5.41) is 21.7. The summed E-state index contributed by atoms with van der Waals surface area (Å²) >= 11 is 0. The highest BCUT2D eigenvalue weighted by molar-refractivity contribution is 5.69. The summed E-state index contributed by atoms with van der Waals surface area (Å²) in [7, 11) is 0. The van der Waals surface area contributed by atoms with Crippen molar-refractivity contribution in [1.82, 2.24) is 0 Å². The van der Waals surface area contributed by atoms with Crippen molar-refractivity contribution in [3.05, 3.63) is 10.1 Å². The predicted octanol–water partition coefficient (Wildman–Crippen LogP) is 5.92. The Bertz CT molecular complexity index is 644. The number of carbonyl (C=O) groups excluding carboxylic acids is 1. The standard InChI is InChI=1S/C26H45NO5/c1-3-5-7-9-21(10-8-6-4-2)11-23(29)32-20-26-14-22-12-24(16-26,18-27(30)31)15-25(13-22,17-26)19-28/h21-22,28H,3-20H2,1-2H3. The van der Waals surface area contributed by atoms with Crippen LogP contribution >= 0.6 is 0 Å². The SMILES string of the molecule is CCCCCC(CCCCC)CC(=O)OCC12CC3CC(CO)(C1)CC(C[N+](=O)[O-])(C3)C2. The van der Waals surface area contributed by atoms with E-state index >= 15 is 0 Å². The lowest BCUT2D eigenvalue weighted by Crippen LogP contribution is -2.61. The Hall–Kier alpha value is -1.17. The van der Waals surface area contributed by atoms with Crippen LogP contribution in [0.4, 0.5) is 0 Å². The Balaban J connectivity index is 1.60. The Labute approximate surface area is 194 Å². The van der Waals surface area contributed by atoms with Gasteiger partial charge in [-0.3, -0.25) is 14.9 Å². The van der Waals surface area contributed by atoms with E-state index in [0.29, 0.717) is 24.9 Å². The quantitative estimate of drug-likeness (QED) is 0.144. The van der Waals surface area contributed by atoms with E-state index in [-0.39, 0.29) is 40.3 Å². The van der Waals surface area contributed by atoms with Gasteiger partial charge in [-0.25, -0.2) is 0 Å². The molecule has 0 radical (unpaired) electrons. The van der Waals surface area contributed by atoms with Gasteiger partial charge in [-0.15, -0.1) is 0 Å². The lowest BCUT2D eigenvalue weighted by molar-refractivity contribution is -0.505. The zero-order chi connectivity index (χ0) is 23.2. The minimum Gasteiger partial charge on any atom is -0.465 e. The molecule has 0 heterocycles. The van der Waals surface area contributed by atoms with Crippen LogP contribution in [0.15, 0.2) is 0 Å². The molecule has 0 aliphatic heterocycles. The lowest BCUT2D eigenvalue weighted by atomic mass is 9.40. The fourth-order valence-electron chi connectivity index (χ4n) is 8.09. The van der Waals surface area contributed by atoms with E-state index in [1.807, 2.05) is 0 Å². The van der Waals surface area contributed by atoms with Gasteiger partial charge in [0, 0.05) is 28.8 Å². The molecule has 4 atom stereocenters. The van der Waals surface area contributed by atoms with Gasteiger partial charge in [0.25, 0.3) is 0 Å². The van der Waals surface area contributed by atoms with Gasteiger partial charge in [-0.2, -0.15) is 0 Å². The highest BCUT2D eigenvalue weighted by atomic mass is 16.6. The number of unbranched alkanes of at least 4 members (excludes halogenated alkanes) is 4. The van der Waals surface area contributed by atoms with Gasteiger partial charge in [-0.1, -0.05) is 52.4 Å². The summed E-state index contributed by atoms with van der Waals surface area (Å²) in [5.41, 5.74) is -0.737. The highest BCUT2D eigenvalue weighted by Crippen LogP contribution is 2.69. The van der Waals surface area contributed by atoms with Crippen molar-refractivity contribution < 1.29 is 19.6 Å². The van der Waals surface area contributed by atoms with Crippen LogP contribution in [-0.2, 0) is 9.53 Å². The van der Waals surface area contributed by atoms with Crippen LogP contribution in [0.25, 0.3) is 0 Å². The van der Waals surface area contributed by atoms with Gasteiger partial charge in [0.15, 0.2) is 0 Å². The third-order valence-corrected chi connectivity index (χ3v) is 8.64. The maximum Gasteiger partial charge on any atom is 0.306 e. The lowest BCUT2D eigenvalue weighted by Gasteiger charge is -2.65. The number of ether oxygens (including phenoxy) is 1. The van der Waals surface area contributed by atoms with Crippen molar-refractivity contribution >= 4 is 5.97 Å². The number of nitro groups is 1. The monoisotopic (exact) mass is 451 g/mol. The van der Waals surface area contributed by atoms with Gasteiger partial charge in [0.2, 0.25) is 6.54 Å². The summed E-state index contributed by atoms with van der Waals surface area (Å²) in [5.74, 6) is 0.717. The van der Waals surface area contributed by atoms with Crippen molar-refractivity contribution in [2.45, 2.75) is 110 Å². The maximum atomic E-state index is 12.8. The summed E-state index contributed by atoms with van der Waals surface area (Å²) in [4.78, 5) is 24.1. The highest BCUT2D eigenvalue weighted by Gasteiger charge is 2.64. The van der Waals surface area contributed by atoms with E-state index in [4.69, 9.17) is 4.74 Å². The van der Waals surface area contributed by atoms with Crippen molar-refractivity contribution in [3.8, 4) is 0 Å². The van der Waals surface area contributed by atoms with Crippen LogP contribution in [0.2, 0.25) is 0 Å². The molecule has 4 rings (SSSR count). The molecule has 0 aromatic heterocycles. The molecular formula is C26H45NO5. The molecule has 4 fully saturated rings. The van der Waals surface area contributed by atoms with Gasteiger partial charge < -0.3 is 9.84 Å². The van der Waals surface area contributed by atoms with Crippen LogP contribution in [0, 0.1) is 38.2 Å². The van der Waals surface area contributed by atoms with E-state index < -0.39 is 0 Å². The van der Waals surface area contributed by atoms with Crippen molar-refractivity contribution in [3.63, 3.8) is 0 Å². The van der Waals surface area contributed by atoms with E-state index in [0.717, 1.165) is 51.4 Å². The summed E-state index contributed by atoms with van der Waals surface area (Å²) in [6, 6.07) is 0. The third kappa shape index (κ3) is 6.24. The van der Waals surface area contributed by atoms with Crippen LogP contribution in [0.5, 0.6) is 0 Å². The van der Waals surface area contributed by atoms with Crippen molar-refractivity contribution in [2.75, 3.05) is 19.8 Å². The van der Waals surface area contributed by atoms with Crippen LogP contribution < -0.4 is 0 Å². The summed E-state index contributed by atoms with van der Waals surface area (Å²) in [6.45, 7) is 4.86. The second-order valence-corrected chi connectivity index (χ2v) is 11.9. The average molecular weight is 452 g/mol. The molecule has 0 amide bonds. The third-order valence-electron chi connectivity index (χ3n) is 8.64. The summed E-state index contributed by atoms with van der Waals surface area (Å²) < 4.78 is 5.92. The number of carbonyl (C=O) groups is 1. The van der Waals surface area contributed by atoms with Gasteiger partial charge in [0.1, 0.15) is 0 Å². The van der Waals surface area contributed by atoms with Gasteiger partial charge in [0.05, 0.1) is 6.61 Å². The second-order valence-electron chi connectivity index (χ2n) is 11.9. The number of hydrogen-bond acceptors (Lipinski definition) is 5. The number of aliphatic hydroxyl groups is 1. The first-order valence-electron chi connectivity index (χ1n) is 13.2. The Morgan fingerprint density at radius 1 is 1.00 bits per heavy atom. The molecule has 1 N–H and O–H groups in total. The Kier molecular flexibility index (Phi) is 8.62. The predicted molar refractivity (Wildman–Crippen MR) is 125 cm³/mol. The molecule has 0 spiro atoms. The van der Waals surface area contributed by atoms with Crippen molar-refractivity contribution in [2.24, 2.45) is 28.1 Å². The number of rotatable bonds is 15. The molecule has 184 valence electrons. The number of hydrogen-bond donors (Lipinski definition) is 1. The number of esters is 1. The first-order valence-corrected chi connectivity index (χ1v) is 13.2. The molecule has 0 aromatic rings. The molecule has 0 aromatic carbocycles. The molecule has 4 aliphatic rings. The molecule has 4 aliphatic carbocycles. The minimum atomic E-state index is -0.332. The first-order chi connectivity index (χ1) is 15.3. The zero-order valence-electron chi connectivity index (χ0n) is 20.4. The molecule has 32 heavy (non-hydrogen) atoms. The normalized spacial score (nSPS) is 33.1. The smallest absolute Gasteiger partial charge is 0.306 e. The topological polar surface area (TPSA) is 89.7 Å². The maximum absolute atomic E-state index is 12.8. The average Bonchev–Trinajstić information content (AvgIpc) is 2.71. The van der Waals surface area contributed by atoms with E-state index in [1.165, 1.54) is 38.5 Å². The summed E-state index contributed by atoms with van der Waals surface area (Å²) in [6.07, 6.45) is 15.1. The van der Waals surface area contributed by atoms with E-state index in [2.05, 4.69) is 13.8 Å². The Morgan fingerprint density at radius 2 is 1.56 bits per heavy atom. The minimum absolute atomic E-state index is 0.0160. The molecular weight excluding hydrogens is 406 g/mol. The second kappa shape index (κ2) is 10.8. The largest absolute Gasteiger partial charge is 0.465 e. The zero-order valence-corrected chi connectivity index (χ0v) is 20.4. The molecule has 6 heteroatoms. The Morgan fingerprint density at radius 3 is 2.16 bits per heavy atom. The molecule has 0 saturated heterocycles. The van der Waals surface area contributed by atoms with Gasteiger partial charge >= 0.3 is 5.97 Å². The first kappa shape index (κ1) is 25.5. The van der Waals surface area contributed by atoms with E-state index in [9.17, 15) is 20.0 Å². The number of aliphatic hydroxyl groups excluding tert-OH is 1. The van der Waals surface area contributed by atoms with Gasteiger partial charge in [-0.05, 0) is 68.6 Å². The van der Waals surface area contributed by atoms with Crippen LogP contribution in [0.1, 0.15) is 110 Å². The van der Waals surface area contributed by atoms with Crippen LogP contribution in [-0.4, -0.2) is 35.8 Å². The molecule has 6 nitrogen and oxygen atoms in total. The fraction of sp³-hybridized carbons (Fsp3) is 0.962. The number of nitrogens with zero attached hydrogens (tertiary/aromatic N) is 1.